The zero-order chi connectivity index (χ0) is 37.7. The minimum Gasteiger partial charge on any atom is -0.309 e. The second kappa shape index (κ2) is 13.6. The van der Waals surface area contributed by atoms with Crippen LogP contribution < -0.4 is 0 Å². The standard InChI is InChI=1S/C53H34N4/c1-2-11-35(12-3-1)38-14-10-15-42(29-38)57-52-25-24-39(30-47(52)48-34-54-28-26-53(48)57)36-20-22-37(23-21-36)50-32-41(49-19-8-9-27-55-49)33-51(56-50)46-31-40-13-4-5-16-43(40)44-17-6-7-18-45(44)46/h1-34H. The first-order valence-electron chi connectivity index (χ1n) is 19.2. The molecule has 0 saturated carbocycles. The van der Waals surface area contributed by atoms with E-state index in [1.807, 2.05) is 30.7 Å². The van der Waals surface area contributed by atoms with Crippen molar-refractivity contribution in [2.24, 2.45) is 0 Å². The van der Waals surface area contributed by atoms with Crippen molar-refractivity contribution in [2.75, 3.05) is 0 Å². The van der Waals surface area contributed by atoms with Crippen LogP contribution in [0.5, 0.6) is 0 Å². The van der Waals surface area contributed by atoms with E-state index in [2.05, 4.69) is 185 Å². The summed E-state index contributed by atoms with van der Waals surface area (Å²) >= 11 is 0. The van der Waals surface area contributed by atoms with E-state index in [1.54, 1.807) is 0 Å². The number of fused-ring (bicyclic) bond motifs is 6. The van der Waals surface area contributed by atoms with Gasteiger partial charge in [0.25, 0.3) is 0 Å². The summed E-state index contributed by atoms with van der Waals surface area (Å²) in [6, 6.07) is 66.9. The van der Waals surface area contributed by atoms with E-state index in [-0.39, 0.29) is 0 Å². The van der Waals surface area contributed by atoms with Crippen molar-refractivity contribution in [3.8, 4) is 61.7 Å². The zero-order valence-corrected chi connectivity index (χ0v) is 30.9. The van der Waals surface area contributed by atoms with E-state index in [0.717, 1.165) is 67.0 Å². The molecule has 57 heavy (non-hydrogen) atoms. The summed E-state index contributed by atoms with van der Waals surface area (Å²) in [4.78, 5) is 14.6. The van der Waals surface area contributed by atoms with E-state index in [0.29, 0.717) is 0 Å². The second-order valence-corrected chi connectivity index (χ2v) is 14.5. The molecule has 0 amide bonds. The predicted octanol–water partition coefficient (Wildman–Crippen LogP) is 13.6. The first-order chi connectivity index (χ1) is 28.2. The Morgan fingerprint density at radius 1 is 0.351 bits per heavy atom. The summed E-state index contributed by atoms with van der Waals surface area (Å²) in [6.07, 6.45) is 5.71. The molecule has 0 saturated heterocycles. The average Bonchev–Trinajstić information content (AvgIpc) is 3.63. The molecule has 11 aromatic rings. The summed E-state index contributed by atoms with van der Waals surface area (Å²) in [5.74, 6) is 0. The number of hydrogen-bond donors (Lipinski definition) is 0. The van der Waals surface area contributed by atoms with Gasteiger partial charge in [-0.05, 0) is 104 Å². The maximum Gasteiger partial charge on any atom is 0.0722 e. The van der Waals surface area contributed by atoms with Crippen molar-refractivity contribution in [3.63, 3.8) is 0 Å². The van der Waals surface area contributed by atoms with Crippen LogP contribution in [0.15, 0.2) is 207 Å². The van der Waals surface area contributed by atoms with Crippen molar-refractivity contribution in [1.29, 1.82) is 0 Å². The monoisotopic (exact) mass is 726 g/mol. The van der Waals surface area contributed by atoms with Crippen molar-refractivity contribution < 1.29 is 0 Å². The van der Waals surface area contributed by atoms with Crippen LogP contribution in [0.1, 0.15) is 0 Å². The van der Waals surface area contributed by atoms with Gasteiger partial charge in [-0.1, -0.05) is 127 Å². The molecule has 0 aliphatic heterocycles. The molecule has 4 nitrogen and oxygen atoms in total. The molecule has 0 fully saturated rings. The lowest BCUT2D eigenvalue weighted by Crippen LogP contribution is -1.94. The minimum atomic E-state index is 0.902. The van der Waals surface area contributed by atoms with Gasteiger partial charge in [0.05, 0.1) is 28.1 Å². The molecule has 0 radical (unpaired) electrons. The fraction of sp³-hybridized carbons (Fsp3) is 0. The summed E-state index contributed by atoms with van der Waals surface area (Å²) < 4.78 is 2.35. The SMILES string of the molecule is c1ccc(-c2cccc(-n3c4ccncc4c4cc(-c5ccc(-c6cc(-c7ccccn7)cc(-c7cc8ccccc8c8ccccc78)n6)cc5)ccc43)c2)cc1. The molecular weight excluding hydrogens is 693 g/mol. The molecule has 0 atom stereocenters. The number of nitrogens with zero attached hydrogens (tertiary/aromatic N) is 4. The smallest absolute Gasteiger partial charge is 0.0722 e. The van der Waals surface area contributed by atoms with Crippen LogP contribution in [0.25, 0.3) is 105 Å². The number of hydrogen-bond acceptors (Lipinski definition) is 3. The third kappa shape index (κ3) is 5.74. The molecule has 0 spiro atoms. The molecule has 0 aliphatic carbocycles. The Bertz CT molecular complexity index is 3280. The number of aromatic nitrogens is 4. The molecule has 0 bridgehead atoms. The van der Waals surface area contributed by atoms with Gasteiger partial charge >= 0.3 is 0 Å². The molecule has 0 N–H and O–H groups in total. The van der Waals surface area contributed by atoms with Gasteiger partial charge < -0.3 is 4.57 Å². The molecule has 4 heterocycles. The lowest BCUT2D eigenvalue weighted by Gasteiger charge is -2.14. The highest BCUT2D eigenvalue weighted by Crippen LogP contribution is 2.39. The summed E-state index contributed by atoms with van der Waals surface area (Å²) in [5, 5.41) is 7.13. The third-order valence-corrected chi connectivity index (χ3v) is 11.1. The lowest BCUT2D eigenvalue weighted by atomic mass is 9.94. The highest BCUT2D eigenvalue weighted by molar-refractivity contribution is 6.14. The Hall–Kier alpha value is -7.69. The molecule has 266 valence electrons. The second-order valence-electron chi connectivity index (χ2n) is 14.5. The molecule has 4 aromatic heterocycles. The lowest BCUT2D eigenvalue weighted by molar-refractivity contribution is 1.17. The van der Waals surface area contributed by atoms with Gasteiger partial charge in [-0.15, -0.1) is 0 Å². The molecule has 4 heteroatoms. The van der Waals surface area contributed by atoms with Crippen LogP contribution in [-0.4, -0.2) is 19.5 Å². The predicted molar refractivity (Wildman–Crippen MR) is 236 cm³/mol. The highest BCUT2D eigenvalue weighted by atomic mass is 15.0. The first kappa shape index (κ1) is 32.7. The van der Waals surface area contributed by atoms with Gasteiger partial charge in [0.2, 0.25) is 0 Å². The quantitative estimate of drug-likeness (QED) is 0.160. The normalized spacial score (nSPS) is 11.5. The Morgan fingerprint density at radius 3 is 1.89 bits per heavy atom. The fourth-order valence-corrected chi connectivity index (χ4v) is 8.38. The van der Waals surface area contributed by atoms with Crippen LogP contribution in [0.3, 0.4) is 0 Å². The van der Waals surface area contributed by atoms with Gasteiger partial charge in [0.15, 0.2) is 0 Å². The molecule has 7 aromatic carbocycles. The largest absolute Gasteiger partial charge is 0.309 e. The van der Waals surface area contributed by atoms with E-state index >= 15 is 0 Å². The molecular formula is C53H34N4. The van der Waals surface area contributed by atoms with Crippen molar-refractivity contribution in [1.82, 2.24) is 19.5 Å². The van der Waals surface area contributed by atoms with Gasteiger partial charge in [-0.3, -0.25) is 9.97 Å². The number of benzene rings is 7. The third-order valence-electron chi connectivity index (χ3n) is 11.1. The maximum absolute atomic E-state index is 5.35. The van der Waals surface area contributed by atoms with Crippen molar-refractivity contribution in [3.05, 3.63) is 207 Å². The number of pyridine rings is 3. The Kier molecular flexibility index (Phi) is 7.78. The van der Waals surface area contributed by atoms with Crippen LogP contribution in [0, 0.1) is 0 Å². The molecule has 0 aliphatic rings. The topological polar surface area (TPSA) is 43.6 Å². The highest BCUT2D eigenvalue weighted by Gasteiger charge is 2.16. The average molecular weight is 727 g/mol. The van der Waals surface area contributed by atoms with Crippen LogP contribution >= 0.6 is 0 Å². The van der Waals surface area contributed by atoms with Crippen LogP contribution in [-0.2, 0) is 0 Å². The van der Waals surface area contributed by atoms with Gasteiger partial charge in [0.1, 0.15) is 0 Å². The van der Waals surface area contributed by atoms with Gasteiger partial charge in [-0.25, -0.2) is 4.98 Å². The van der Waals surface area contributed by atoms with Gasteiger partial charge in [0, 0.05) is 51.7 Å². The Labute approximate surface area is 330 Å². The van der Waals surface area contributed by atoms with E-state index in [1.165, 1.54) is 38.1 Å². The maximum atomic E-state index is 5.35. The fourth-order valence-electron chi connectivity index (χ4n) is 8.38. The molecule has 11 rings (SSSR count). The van der Waals surface area contributed by atoms with E-state index in [4.69, 9.17) is 9.97 Å². The Morgan fingerprint density at radius 2 is 1.04 bits per heavy atom. The minimum absolute atomic E-state index is 0.902. The van der Waals surface area contributed by atoms with Crippen LogP contribution in [0.4, 0.5) is 0 Å². The van der Waals surface area contributed by atoms with Crippen molar-refractivity contribution >= 4 is 43.4 Å². The van der Waals surface area contributed by atoms with Gasteiger partial charge in [-0.2, -0.15) is 0 Å². The number of rotatable bonds is 6. The summed E-state index contributed by atoms with van der Waals surface area (Å²) in [7, 11) is 0. The van der Waals surface area contributed by atoms with Crippen molar-refractivity contribution in [2.45, 2.75) is 0 Å². The summed E-state index contributed by atoms with van der Waals surface area (Å²) in [6.45, 7) is 0. The molecule has 0 unspecified atom stereocenters. The zero-order valence-electron chi connectivity index (χ0n) is 30.9. The first-order valence-corrected chi connectivity index (χ1v) is 19.2. The van der Waals surface area contributed by atoms with E-state index < -0.39 is 0 Å². The van der Waals surface area contributed by atoms with Crippen LogP contribution in [0.2, 0.25) is 0 Å². The van der Waals surface area contributed by atoms with E-state index in [9.17, 15) is 0 Å². The Balaban J connectivity index is 1.01. The summed E-state index contributed by atoms with van der Waals surface area (Å²) in [5.41, 5.74) is 14.0.